The van der Waals surface area contributed by atoms with Gasteiger partial charge in [-0.2, -0.15) is 44.3 Å². The van der Waals surface area contributed by atoms with Gasteiger partial charge in [-0.05, 0) is 104 Å². The number of benzene rings is 4. The lowest BCUT2D eigenvalue weighted by Crippen LogP contribution is -2.35. The highest BCUT2D eigenvalue weighted by molar-refractivity contribution is 5.89. The van der Waals surface area contributed by atoms with Crippen molar-refractivity contribution < 1.29 is 24.1 Å². The van der Waals surface area contributed by atoms with Gasteiger partial charge in [-0.25, -0.2) is 24.7 Å². The molecule has 0 aliphatic carbocycles. The minimum absolute atomic E-state index is 0.0279. The maximum atomic E-state index is 13.8. The number of nitrogens with one attached hydrogen (secondary N) is 5. The minimum Gasteiger partial charge on any atom is -0.444 e. The number of amides is 1. The second-order valence-corrected chi connectivity index (χ2v) is 27.2. The molecule has 2 atom stereocenters. The molecule has 0 aliphatic heterocycles. The molecule has 7 N–H and O–H groups in total. The molecule has 4 aromatic carbocycles. The second kappa shape index (κ2) is 37.4. The molecule has 0 saturated heterocycles. The van der Waals surface area contributed by atoms with Gasteiger partial charge in [-0.15, -0.1) is 0 Å². The van der Waals surface area contributed by atoms with Gasteiger partial charge in [-0.3, -0.25) is 5.32 Å². The first-order valence-corrected chi connectivity index (χ1v) is 36.0. The van der Waals surface area contributed by atoms with Crippen molar-refractivity contribution in [3.8, 4) is 0 Å². The standard InChI is InChI=1S/C20H26N6O2.2C20H28N6O.C17H20FN5/c1-13(2)26-12-22-15-16(21-11-14-9-7-6-8-10-14)23-18(24-17(15)26)25-19(27)28-20(3,4)5;2*1-5-16(12-27)25(4)20-23-18(21-11-15-9-7-6-8-10-15)17-19(24-20)26(13-22-17)14(2)3;1-2-3-7-10-23-12-20-14-15(21-17(18)22-16(14)23)19-11-13-8-5-4-6-9-13/h6-10,12-13H,11H2,1-5H3,(H2,21,23,24,25,27);2*6-10,13-14,16,27H,5,11-12H2,1-4H3,(H,21,23,24);4-6,8-9,12H,2-3,7,10-11H2,1H3,(H,19,21,22)/t;16-;;/m.1../s1. The number of carbonyl (C=O) groups is 1. The summed E-state index contributed by atoms with van der Waals surface area (Å²) in [6, 6.07) is 40.9. The van der Waals surface area contributed by atoms with Gasteiger partial charge in [0.2, 0.25) is 17.8 Å². The van der Waals surface area contributed by atoms with E-state index in [9.17, 15) is 19.4 Å². The van der Waals surface area contributed by atoms with E-state index in [1.165, 1.54) is 11.1 Å². The minimum atomic E-state index is -0.731. The number of imidazole rings is 4. The smallest absolute Gasteiger partial charge is 0.414 e. The summed E-state index contributed by atoms with van der Waals surface area (Å²) in [5, 5.41) is 35.2. The van der Waals surface area contributed by atoms with E-state index in [1.807, 2.05) is 180 Å². The molecule has 0 aliphatic rings. The van der Waals surface area contributed by atoms with Crippen LogP contribution in [0.5, 0.6) is 0 Å². The molecular formula is C77H102FN23O4. The summed E-state index contributed by atoms with van der Waals surface area (Å²) >= 11 is 0. The molecule has 12 aromatic rings. The van der Waals surface area contributed by atoms with Crippen LogP contribution >= 0.6 is 0 Å². The lowest BCUT2D eigenvalue weighted by molar-refractivity contribution is 0.0634. The van der Waals surface area contributed by atoms with Crippen molar-refractivity contribution in [2.24, 2.45) is 0 Å². The molecule has 0 fully saturated rings. The Hall–Kier alpha value is -11.0. The van der Waals surface area contributed by atoms with E-state index in [4.69, 9.17) is 24.7 Å². The summed E-state index contributed by atoms with van der Waals surface area (Å²) in [6.45, 7) is 27.5. The van der Waals surface area contributed by atoms with Crippen molar-refractivity contribution in [1.82, 2.24) is 78.1 Å². The first-order valence-electron chi connectivity index (χ1n) is 36.0. The van der Waals surface area contributed by atoms with Crippen LogP contribution in [0.15, 0.2) is 147 Å². The number of rotatable bonds is 28. The predicted molar refractivity (Wildman–Crippen MR) is 416 cm³/mol. The normalized spacial score (nSPS) is 12.0. The van der Waals surface area contributed by atoms with Gasteiger partial charge in [-0.1, -0.05) is 155 Å². The fraction of sp³-hybridized carbons (Fsp3) is 0.416. The fourth-order valence-corrected chi connectivity index (χ4v) is 11.2. The van der Waals surface area contributed by atoms with Gasteiger partial charge in [0.05, 0.1) is 50.6 Å². The summed E-state index contributed by atoms with van der Waals surface area (Å²) in [5.41, 5.74) is 9.50. The van der Waals surface area contributed by atoms with Crippen molar-refractivity contribution in [3.05, 3.63) is 175 Å². The topological polar surface area (TPSA) is 308 Å². The van der Waals surface area contributed by atoms with Gasteiger partial charge >= 0.3 is 12.2 Å². The van der Waals surface area contributed by atoms with Gasteiger partial charge in [0.15, 0.2) is 67.9 Å². The fourth-order valence-electron chi connectivity index (χ4n) is 11.2. The van der Waals surface area contributed by atoms with Crippen LogP contribution in [0.1, 0.15) is 156 Å². The van der Waals surface area contributed by atoms with E-state index in [2.05, 4.69) is 125 Å². The molecule has 0 spiro atoms. The van der Waals surface area contributed by atoms with Crippen molar-refractivity contribution in [2.75, 3.05) is 63.7 Å². The zero-order valence-corrected chi connectivity index (χ0v) is 62.9. The van der Waals surface area contributed by atoms with E-state index >= 15 is 0 Å². The average molecular weight is 1430 g/mol. The van der Waals surface area contributed by atoms with Crippen LogP contribution in [0.4, 0.5) is 50.3 Å². The lowest BCUT2D eigenvalue weighted by atomic mass is 10.2. The van der Waals surface area contributed by atoms with Crippen molar-refractivity contribution in [2.45, 2.75) is 184 Å². The number of fused-ring (bicyclic) bond motifs is 4. The molecule has 12 rings (SSSR count). The summed E-state index contributed by atoms with van der Waals surface area (Å²) in [6.07, 6.45) is 10.6. The number of unbranched alkanes of at least 4 members (excludes halogenated alkanes) is 2. The zero-order valence-electron chi connectivity index (χ0n) is 62.9. The third-order valence-corrected chi connectivity index (χ3v) is 17.3. The highest BCUT2D eigenvalue weighted by Crippen LogP contribution is 2.30. The van der Waals surface area contributed by atoms with Crippen molar-refractivity contribution in [1.29, 1.82) is 0 Å². The summed E-state index contributed by atoms with van der Waals surface area (Å²) in [5.74, 6) is 3.74. The Kier molecular flexibility index (Phi) is 27.9. The van der Waals surface area contributed by atoms with Crippen LogP contribution < -0.4 is 36.4 Å². The van der Waals surface area contributed by atoms with E-state index in [0.717, 1.165) is 72.1 Å². The van der Waals surface area contributed by atoms with Gasteiger partial charge in [0.1, 0.15) is 5.60 Å². The molecule has 8 aromatic heterocycles. The molecule has 8 heterocycles. The molecule has 1 amide bonds. The molecule has 0 saturated carbocycles. The molecule has 1 unspecified atom stereocenters. The van der Waals surface area contributed by atoms with Gasteiger partial charge < -0.3 is 64.3 Å². The maximum absolute atomic E-state index is 13.8. The first-order chi connectivity index (χ1) is 50.6. The number of ether oxygens (including phenoxy) is 1. The Morgan fingerprint density at radius 2 is 0.829 bits per heavy atom. The van der Waals surface area contributed by atoms with E-state index in [1.54, 1.807) is 33.4 Å². The van der Waals surface area contributed by atoms with Crippen LogP contribution in [-0.4, -0.2) is 139 Å². The van der Waals surface area contributed by atoms with Crippen molar-refractivity contribution >= 4 is 91.9 Å². The number of halogens is 1. The van der Waals surface area contributed by atoms with Crippen LogP contribution in [0.2, 0.25) is 0 Å². The number of hydrogen-bond acceptors (Lipinski definition) is 22. The number of nitrogens with zero attached hydrogens (tertiary/aromatic N) is 18. The summed E-state index contributed by atoms with van der Waals surface area (Å²) in [4.78, 5) is 69.6. The Morgan fingerprint density at radius 1 is 0.476 bits per heavy atom. The third kappa shape index (κ3) is 21.1. The highest BCUT2D eigenvalue weighted by atomic mass is 19.1. The van der Waals surface area contributed by atoms with Gasteiger partial charge in [0.25, 0.3) is 0 Å². The number of aliphatic hydroxyl groups excluding tert-OH is 2. The van der Waals surface area contributed by atoms with Crippen LogP contribution in [0.25, 0.3) is 44.7 Å². The second-order valence-electron chi connectivity index (χ2n) is 27.2. The summed E-state index contributed by atoms with van der Waals surface area (Å²) < 4.78 is 27.0. The largest absolute Gasteiger partial charge is 0.444 e. The number of anilines is 7. The van der Waals surface area contributed by atoms with Crippen molar-refractivity contribution in [3.63, 3.8) is 0 Å². The van der Waals surface area contributed by atoms with E-state index in [0.29, 0.717) is 83.7 Å². The molecule has 28 heteroatoms. The predicted octanol–water partition coefficient (Wildman–Crippen LogP) is 14.6. The number of carbonyl (C=O) groups excluding carboxylic acids is 1. The highest BCUT2D eigenvalue weighted by Gasteiger charge is 2.25. The molecule has 0 radical (unpaired) electrons. The summed E-state index contributed by atoms with van der Waals surface area (Å²) in [7, 11) is 3.84. The molecule has 27 nitrogen and oxygen atoms in total. The SMILES string of the molecule is CC(C)n1cnc2c(NCc3ccccc3)nc(NC(=O)OC(C)(C)C)nc21.CCC(CO)N(C)c1nc(NCc2ccccc2)c2ncn(C(C)C)c2n1.CCCCCn1cnc2c(NCc3ccccc3)nc(F)nc21.CC[C@H](CO)N(C)c1nc(NCc2ccccc2)c2ncn(C(C)C)c2n1. The molecular weight excluding hydrogens is 1330 g/mol. The number of aryl methyl sites for hydroxylation is 1. The van der Waals surface area contributed by atoms with E-state index in [-0.39, 0.29) is 49.4 Å². The number of aliphatic hydroxyl groups is 2. The molecule has 105 heavy (non-hydrogen) atoms. The van der Waals surface area contributed by atoms with Crippen LogP contribution in [-0.2, 0) is 37.5 Å². The molecule has 0 bridgehead atoms. The quantitative estimate of drug-likeness (QED) is 0.0177. The Bertz CT molecular complexity index is 4510. The van der Waals surface area contributed by atoms with E-state index < -0.39 is 17.8 Å². The monoisotopic (exact) mass is 1430 g/mol. The number of hydrogen-bond donors (Lipinski definition) is 7. The Morgan fingerprint density at radius 3 is 1.18 bits per heavy atom. The first kappa shape index (κ1) is 78.1. The number of likely N-dealkylation sites (N-methyl/N-ethyl adjacent to an activating group) is 2. The van der Waals surface area contributed by atoms with Crippen LogP contribution in [0.3, 0.4) is 0 Å². The lowest BCUT2D eigenvalue weighted by Gasteiger charge is -2.26. The Balaban J connectivity index is 0.000000163. The maximum Gasteiger partial charge on any atom is 0.414 e. The number of aromatic nitrogens is 16. The average Bonchev–Trinajstić information content (AvgIpc) is 1.69. The van der Waals surface area contributed by atoms with Crippen LogP contribution in [0, 0.1) is 6.08 Å². The zero-order chi connectivity index (χ0) is 75.2. The van der Waals surface area contributed by atoms with Gasteiger partial charge in [0, 0.05) is 64.9 Å². The Labute approximate surface area is 613 Å². The molecule has 556 valence electrons. The third-order valence-electron chi connectivity index (χ3n) is 17.3.